The molecule has 27 heavy (non-hydrogen) atoms. The second kappa shape index (κ2) is 7.56. The van der Waals surface area contributed by atoms with Crippen molar-refractivity contribution in [1.82, 2.24) is 9.80 Å². The number of benzene rings is 2. The van der Waals surface area contributed by atoms with Crippen LogP contribution in [-0.4, -0.2) is 51.9 Å². The average molecular weight is 401 g/mol. The average Bonchev–Trinajstić information content (AvgIpc) is 3.11. The minimum atomic E-state index is -0.215. The highest BCUT2D eigenvalue weighted by atomic mass is 35.5. The zero-order valence-electron chi connectivity index (χ0n) is 14.9. The molecule has 0 aliphatic carbocycles. The molecule has 0 atom stereocenters. The highest BCUT2D eigenvalue weighted by molar-refractivity contribution is 8.00. The van der Waals surface area contributed by atoms with E-state index >= 15 is 0 Å². The highest BCUT2D eigenvalue weighted by Crippen LogP contribution is 2.44. The first-order valence-electron chi connectivity index (χ1n) is 9.15. The molecule has 0 saturated carbocycles. The first kappa shape index (κ1) is 18.4. The zero-order valence-corrected chi connectivity index (χ0v) is 16.5. The van der Waals surface area contributed by atoms with Crippen LogP contribution in [0.2, 0.25) is 5.02 Å². The van der Waals surface area contributed by atoms with E-state index in [-0.39, 0.29) is 16.7 Å². The maximum Gasteiger partial charge on any atom is 0.255 e. The number of carbonyl (C=O) groups excluding carboxylic acids is 2. The number of piperidine rings is 1. The Morgan fingerprint density at radius 3 is 2.30 bits per heavy atom. The van der Waals surface area contributed by atoms with Crippen LogP contribution in [0.1, 0.15) is 33.6 Å². The van der Waals surface area contributed by atoms with Gasteiger partial charge in [0.15, 0.2) is 0 Å². The minimum Gasteiger partial charge on any atom is -0.338 e. The van der Waals surface area contributed by atoms with Gasteiger partial charge in [0.1, 0.15) is 0 Å². The number of halogens is 1. The molecule has 6 heteroatoms. The summed E-state index contributed by atoms with van der Waals surface area (Å²) < 4.78 is 0. The van der Waals surface area contributed by atoms with E-state index in [9.17, 15) is 9.59 Å². The Bertz CT molecular complexity index is 850. The molecule has 2 aliphatic rings. The molecule has 4 rings (SSSR count). The molecule has 0 radical (unpaired) electrons. The number of hydrogen-bond donors (Lipinski definition) is 0. The van der Waals surface area contributed by atoms with Crippen LogP contribution in [-0.2, 0) is 0 Å². The lowest BCUT2D eigenvalue weighted by Gasteiger charge is -2.44. The fourth-order valence-corrected chi connectivity index (χ4v) is 5.55. The van der Waals surface area contributed by atoms with Gasteiger partial charge in [0.25, 0.3) is 11.8 Å². The Hall–Kier alpha value is -1.98. The molecule has 0 N–H and O–H groups in total. The second-order valence-electron chi connectivity index (χ2n) is 6.92. The van der Waals surface area contributed by atoms with Crippen molar-refractivity contribution in [1.29, 1.82) is 0 Å². The van der Waals surface area contributed by atoms with Crippen LogP contribution in [0.15, 0.2) is 54.6 Å². The van der Waals surface area contributed by atoms with E-state index in [1.54, 1.807) is 12.1 Å². The monoisotopic (exact) mass is 400 g/mol. The van der Waals surface area contributed by atoms with E-state index in [0.29, 0.717) is 23.7 Å². The van der Waals surface area contributed by atoms with Crippen LogP contribution in [0, 0.1) is 0 Å². The van der Waals surface area contributed by atoms with Crippen molar-refractivity contribution >= 4 is 35.2 Å². The molecule has 140 valence electrons. The summed E-state index contributed by atoms with van der Waals surface area (Å²) in [6, 6.07) is 16.5. The zero-order chi connectivity index (χ0) is 18.9. The van der Waals surface area contributed by atoms with Gasteiger partial charge < -0.3 is 9.80 Å². The van der Waals surface area contributed by atoms with Gasteiger partial charge in [-0.25, -0.2) is 0 Å². The van der Waals surface area contributed by atoms with Crippen molar-refractivity contribution in [2.45, 2.75) is 17.7 Å². The summed E-state index contributed by atoms with van der Waals surface area (Å²) in [4.78, 5) is 29.5. The summed E-state index contributed by atoms with van der Waals surface area (Å²) in [5.74, 6) is 1.03. The maximum atomic E-state index is 13.1. The Morgan fingerprint density at radius 1 is 0.889 bits per heavy atom. The van der Waals surface area contributed by atoms with Crippen molar-refractivity contribution in [3.63, 3.8) is 0 Å². The van der Waals surface area contributed by atoms with E-state index in [2.05, 4.69) is 0 Å². The summed E-state index contributed by atoms with van der Waals surface area (Å²) in [5.41, 5.74) is 1.35. The molecule has 2 aliphatic heterocycles. The van der Waals surface area contributed by atoms with E-state index in [1.165, 1.54) is 0 Å². The SMILES string of the molecule is O=C(c1ccccc1)N1CCC2(CC1)SCCN2C(=O)c1cccc(Cl)c1. The Labute approximate surface area is 168 Å². The lowest BCUT2D eigenvalue weighted by Crippen LogP contribution is -2.53. The van der Waals surface area contributed by atoms with E-state index < -0.39 is 0 Å². The predicted octanol–water partition coefficient (Wildman–Crippen LogP) is 4.16. The normalized spacial score (nSPS) is 18.7. The molecule has 0 bridgehead atoms. The quantitative estimate of drug-likeness (QED) is 0.759. The highest BCUT2D eigenvalue weighted by Gasteiger charge is 2.47. The topological polar surface area (TPSA) is 40.6 Å². The van der Waals surface area contributed by atoms with Crippen molar-refractivity contribution in [3.8, 4) is 0 Å². The summed E-state index contributed by atoms with van der Waals surface area (Å²) in [6.45, 7) is 2.07. The number of hydrogen-bond acceptors (Lipinski definition) is 3. The third-order valence-electron chi connectivity index (χ3n) is 5.35. The van der Waals surface area contributed by atoms with Gasteiger partial charge in [0, 0.05) is 41.5 Å². The van der Waals surface area contributed by atoms with Gasteiger partial charge in [0.2, 0.25) is 0 Å². The largest absolute Gasteiger partial charge is 0.338 e. The maximum absolute atomic E-state index is 13.1. The van der Waals surface area contributed by atoms with Crippen LogP contribution < -0.4 is 0 Å². The second-order valence-corrected chi connectivity index (χ2v) is 8.81. The van der Waals surface area contributed by atoms with Crippen molar-refractivity contribution in [2.75, 3.05) is 25.4 Å². The van der Waals surface area contributed by atoms with Gasteiger partial charge >= 0.3 is 0 Å². The van der Waals surface area contributed by atoms with Gasteiger partial charge in [-0.3, -0.25) is 9.59 Å². The summed E-state index contributed by atoms with van der Waals surface area (Å²) in [7, 11) is 0. The van der Waals surface area contributed by atoms with Crippen molar-refractivity contribution < 1.29 is 9.59 Å². The van der Waals surface area contributed by atoms with Gasteiger partial charge in [-0.15, -0.1) is 11.8 Å². The van der Waals surface area contributed by atoms with Crippen LogP contribution in [0.25, 0.3) is 0 Å². The molecular formula is C21H21ClN2O2S. The molecule has 2 fully saturated rings. The van der Waals surface area contributed by atoms with Crippen LogP contribution in [0.4, 0.5) is 0 Å². The van der Waals surface area contributed by atoms with Gasteiger partial charge in [-0.05, 0) is 43.2 Å². The first-order valence-corrected chi connectivity index (χ1v) is 10.5. The molecule has 2 aromatic carbocycles. The first-order chi connectivity index (χ1) is 13.1. The molecule has 0 aromatic heterocycles. The molecule has 4 nitrogen and oxygen atoms in total. The summed E-state index contributed by atoms with van der Waals surface area (Å²) >= 11 is 7.91. The summed E-state index contributed by atoms with van der Waals surface area (Å²) in [6.07, 6.45) is 1.59. The number of likely N-dealkylation sites (tertiary alicyclic amines) is 1. The van der Waals surface area contributed by atoms with Crippen molar-refractivity contribution in [2.24, 2.45) is 0 Å². The summed E-state index contributed by atoms with van der Waals surface area (Å²) in [5, 5.41) is 0.574. The number of thioether (sulfide) groups is 1. The van der Waals surface area contributed by atoms with Gasteiger partial charge in [-0.1, -0.05) is 35.9 Å². The fraction of sp³-hybridized carbons (Fsp3) is 0.333. The third-order valence-corrected chi connectivity index (χ3v) is 7.13. The minimum absolute atomic E-state index is 0.0327. The molecule has 1 spiro atoms. The van der Waals surface area contributed by atoms with Crippen molar-refractivity contribution in [3.05, 3.63) is 70.7 Å². The van der Waals surface area contributed by atoms with E-state index in [4.69, 9.17) is 11.6 Å². The number of nitrogens with zero attached hydrogens (tertiary/aromatic N) is 2. The lowest BCUT2D eigenvalue weighted by atomic mass is 10.00. The molecule has 2 aromatic rings. The molecule has 2 heterocycles. The van der Waals surface area contributed by atoms with Crippen LogP contribution in [0.5, 0.6) is 0 Å². The smallest absolute Gasteiger partial charge is 0.255 e. The Kier molecular flexibility index (Phi) is 5.15. The van der Waals surface area contributed by atoms with Gasteiger partial charge in [0.05, 0.1) is 4.87 Å². The standard InChI is InChI=1S/C21H21ClN2O2S/c22-18-8-4-7-17(15-18)20(26)24-13-14-27-21(24)9-11-23(12-10-21)19(25)16-5-2-1-3-6-16/h1-8,15H,9-14H2. The predicted molar refractivity (Wildman–Crippen MR) is 109 cm³/mol. The lowest BCUT2D eigenvalue weighted by molar-refractivity contribution is 0.0498. The van der Waals surface area contributed by atoms with E-state index in [0.717, 1.165) is 30.7 Å². The third kappa shape index (κ3) is 3.58. The molecule has 2 amide bonds. The van der Waals surface area contributed by atoms with E-state index in [1.807, 2.05) is 64.0 Å². The Balaban J connectivity index is 1.48. The molecule has 0 unspecified atom stereocenters. The number of rotatable bonds is 2. The van der Waals surface area contributed by atoms with Gasteiger partial charge in [-0.2, -0.15) is 0 Å². The fourth-order valence-electron chi connectivity index (χ4n) is 3.91. The Morgan fingerprint density at radius 2 is 1.59 bits per heavy atom. The molecule has 2 saturated heterocycles. The van der Waals surface area contributed by atoms with Crippen LogP contribution >= 0.6 is 23.4 Å². The number of amides is 2. The number of carbonyl (C=O) groups is 2. The van der Waals surface area contributed by atoms with Crippen LogP contribution in [0.3, 0.4) is 0 Å². The molecular weight excluding hydrogens is 380 g/mol.